The van der Waals surface area contributed by atoms with Crippen LogP contribution < -0.4 is 10.9 Å². The molecule has 1 unspecified atom stereocenters. The van der Waals surface area contributed by atoms with E-state index in [-0.39, 0.29) is 11.6 Å². The molecule has 4 nitrogen and oxygen atoms in total. The zero-order chi connectivity index (χ0) is 14.0. The maximum atomic E-state index is 12.1. The van der Waals surface area contributed by atoms with Gasteiger partial charge in [-0.05, 0) is 38.6 Å². The van der Waals surface area contributed by atoms with Gasteiger partial charge in [-0.25, -0.2) is 0 Å². The van der Waals surface area contributed by atoms with Crippen LogP contribution in [0.1, 0.15) is 16.7 Å². The van der Waals surface area contributed by atoms with Crippen molar-refractivity contribution in [3.8, 4) is 6.07 Å². The Kier molecular flexibility index (Phi) is 3.68. The predicted molar refractivity (Wildman–Crippen MR) is 76.2 cm³/mol. The van der Waals surface area contributed by atoms with E-state index in [1.165, 1.54) is 0 Å². The Bertz CT molecular complexity index is 710. The smallest absolute Gasteiger partial charge is 0.251 e. The number of hydrogen-bond acceptors (Lipinski definition) is 3. The molecule has 19 heavy (non-hydrogen) atoms. The van der Waals surface area contributed by atoms with E-state index in [1.54, 1.807) is 7.05 Å². The molecule has 2 N–H and O–H groups in total. The third kappa shape index (κ3) is 2.51. The molecule has 2 rings (SSSR count). The summed E-state index contributed by atoms with van der Waals surface area (Å²) < 4.78 is 0. The molecule has 0 aliphatic heterocycles. The molecule has 0 amide bonds. The van der Waals surface area contributed by atoms with Gasteiger partial charge in [-0.15, -0.1) is 0 Å². The molecule has 1 atom stereocenters. The van der Waals surface area contributed by atoms with Crippen molar-refractivity contribution < 1.29 is 0 Å². The van der Waals surface area contributed by atoms with E-state index in [1.807, 2.05) is 26.0 Å². The molecule has 98 valence electrons. The van der Waals surface area contributed by atoms with Crippen LogP contribution in [0.15, 0.2) is 23.0 Å². The van der Waals surface area contributed by atoms with E-state index < -0.39 is 0 Å². The number of nitriles is 1. The zero-order valence-electron chi connectivity index (χ0n) is 11.4. The Balaban J connectivity index is 2.62. The highest BCUT2D eigenvalue weighted by molar-refractivity contribution is 5.83. The van der Waals surface area contributed by atoms with Gasteiger partial charge >= 0.3 is 0 Å². The van der Waals surface area contributed by atoms with Crippen molar-refractivity contribution in [2.24, 2.45) is 0 Å². The highest BCUT2D eigenvalue weighted by Gasteiger charge is 2.13. The first-order chi connectivity index (χ1) is 9.06. The van der Waals surface area contributed by atoms with Crippen LogP contribution >= 0.6 is 0 Å². The number of likely N-dealkylation sites (N-methyl/N-ethyl adjacent to an activating group) is 1. The third-order valence-electron chi connectivity index (χ3n) is 3.47. The van der Waals surface area contributed by atoms with Crippen LogP contribution in [0.3, 0.4) is 0 Å². The first kappa shape index (κ1) is 13.3. The third-order valence-corrected chi connectivity index (χ3v) is 3.47. The van der Waals surface area contributed by atoms with Crippen LogP contribution in [0.25, 0.3) is 10.9 Å². The largest absolute Gasteiger partial charge is 0.322 e. The minimum atomic E-state index is -0.345. The van der Waals surface area contributed by atoms with E-state index in [0.29, 0.717) is 12.0 Å². The second-order valence-corrected chi connectivity index (χ2v) is 4.78. The minimum Gasteiger partial charge on any atom is -0.322 e. The summed E-state index contributed by atoms with van der Waals surface area (Å²) in [5.74, 6) is 0. The fourth-order valence-corrected chi connectivity index (χ4v) is 2.27. The minimum absolute atomic E-state index is 0.107. The van der Waals surface area contributed by atoms with E-state index in [9.17, 15) is 4.79 Å². The van der Waals surface area contributed by atoms with E-state index >= 15 is 0 Å². The number of fused-ring (bicyclic) bond motifs is 1. The predicted octanol–water partition coefficient (Wildman–Crippen LogP) is 1.80. The lowest BCUT2D eigenvalue weighted by atomic mass is 9.98. The quantitative estimate of drug-likeness (QED) is 0.878. The number of nitrogens with one attached hydrogen (secondary N) is 2. The Hall–Kier alpha value is -2.12. The van der Waals surface area contributed by atoms with Gasteiger partial charge in [-0.3, -0.25) is 4.79 Å². The lowest BCUT2D eigenvalue weighted by molar-refractivity contribution is 0.670. The maximum Gasteiger partial charge on any atom is 0.251 e. The molecule has 0 spiro atoms. The molecule has 1 heterocycles. The number of aromatic nitrogens is 1. The number of benzene rings is 1. The van der Waals surface area contributed by atoms with Crippen molar-refractivity contribution in [3.05, 3.63) is 45.2 Å². The van der Waals surface area contributed by atoms with Gasteiger partial charge in [0.15, 0.2) is 0 Å². The summed E-state index contributed by atoms with van der Waals surface area (Å²) in [5.41, 5.74) is 3.52. The lowest BCUT2D eigenvalue weighted by Gasteiger charge is -2.12. The van der Waals surface area contributed by atoms with Crippen LogP contribution in [0.5, 0.6) is 0 Å². The standard InChI is InChI=1S/C15H17N3O/c1-9-4-5-14-12(6-9)10(2)13(15(19)18-14)7-11(8-16)17-3/h4-6,11,17H,7H2,1-3H3,(H,18,19). The summed E-state index contributed by atoms with van der Waals surface area (Å²) in [4.78, 5) is 15.0. The Morgan fingerprint density at radius 2 is 2.16 bits per heavy atom. The van der Waals surface area contributed by atoms with Gasteiger partial charge in [-0.2, -0.15) is 5.26 Å². The molecular weight excluding hydrogens is 238 g/mol. The van der Waals surface area contributed by atoms with E-state index in [2.05, 4.69) is 22.4 Å². The van der Waals surface area contributed by atoms with Crippen molar-refractivity contribution >= 4 is 10.9 Å². The number of H-pyrrole nitrogens is 1. The van der Waals surface area contributed by atoms with Crippen molar-refractivity contribution in [1.29, 1.82) is 5.26 Å². The molecule has 4 heteroatoms. The van der Waals surface area contributed by atoms with Crippen LogP contribution in [0.2, 0.25) is 0 Å². The maximum absolute atomic E-state index is 12.1. The fraction of sp³-hybridized carbons (Fsp3) is 0.333. The monoisotopic (exact) mass is 255 g/mol. The summed E-state index contributed by atoms with van der Waals surface area (Å²) in [6.07, 6.45) is 0.415. The van der Waals surface area contributed by atoms with Crippen LogP contribution in [-0.4, -0.2) is 18.1 Å². The highest BCUT2D eigenvalue weighted by atomic mass is 16.1. The number of rotatable bonds is 3. The molecule has 2 aromatic rings. The number of nitrogens with zero attached hydrogens (tertiary/aromatic N) is 1. The van der Waals surface area contributed by atoms with Gasteiger partial charge in [0.2, 0.25) is 0 Å². The number of pyridine rings is 1. The molecule has 0 saturated heterocycles. The molecule has 0 aliphatic rings. The van der Waals surface area contributed by atoms with Gasteiger partial charge in [-0.1, -0.05) is 11.6 Å². The Labute approximate surface area is 112 Å². The van der Waals surface area contributed by atoms with Gasteiger partial charge < -0.3 is 10.3 Å². The van der Waals surface area contributed by atoms with Gasteiger partial charge in [0.1, 0.15) is 0 Å². The van der Waals surface area contributed by atoms with Crippen LogP contribution in [-0.2, 0) is 6.42 Å². The molecular formula is C15H17N3O. The molecule has 0 aliphatic carbocycles. The van der Waals surface area contributed by atoms with Crippen molar-refractivity contribution in [2.45, 2.75) is 26.3 Å². The summed E-state index contributed by atoms with van der Waals surface area (Å²) in [6, 6.07) is 7.76. The summed E-state index contributed by atoms with van der Waals surface area (Å²) in [5, 5.41) is 12.9. The first-order valence-corrected chi connectivity index (χ1v) is 6.25. The normalized spacial score (nSPS) is 12.3. The number of aryl methyl sites for hydroxylation is 2. The second-order valence-electron chi connectivity index (χ2n) is 4.78. The van der Waals surface area contributed by atoms with Crippen molar-refractivity contribution in [2.75, 3.05) is 7.05 Å². The second kappa shape index (κ2) is 5.25. The summed E-state index contributed by atoms with van der Waals surface area (Å²) in [7, 11) is 1.72. The highest BCUT2D eigenvalue weighted by Crippen LogP contribution is 2.19. The van der Waals surface area contributed by atoms with E-state index in [4.69, 9.17) is 5.26 Å². The van der Waals surface area contributed by atoms with Crippen LogP contribution in [0.4, 0.5) is 0 Å². The average molecular weight is 255 g/mol. The zero-order valence-corrected chi connectivity index (χ0v) is 11.4. The fourth-order valence-electron chi connectivity index (χ4n) is 2.27. The molecule has 1 aromatic heterocycles. The average Bonchev–Trinajstić information content (AvgIpc) is 2.40. The summed E-state index contributed by atoms with van der Waals surface area (Å²) >= 11 is 0. The summed E-state index contributed by atoms with van der Waals surface area (Å²) in [6.45, 7) is 3.96. The number of aromatic amines is 1. The molecule has 0 bridgehead atoms. The molecule has 0 fully saturated rings. The van der Waals surface area contributed by atoms with Crippen LogP contribution in [0, 0.1) is 25.2 Å². The van der Waals surface area contributed by atoms with Gasteiger partial charge in [0, 0.05) is 22.9 Å². The van der Waals surface area contributed by atoms with Gasteiger partial charge in [0.25, 0.3) is 5.56 Å². The Morgan fingerprint density at radius 3 is 2.79 bits per heavy atom. The SMILES string of the molecule is CNC(C#N)Cc1c(C)c2cc(C)ccc2[nH]c1=O. The molecule has 0 saturated carbocycles. The van der Waals surface area contributed by atoms with E-state index in [0.717, 1.165) is 22.0 Å². The molecule has 0 radical (unpaired) electrons. The van der Waals surface area contributed by atoms with Gasteiger partial charge in [0.05, 0.1) is 12.1 Å². The van der Waals surface area contributed by atoms with Crippen molar-refractivity contribution in [3.63, 3.8) is 0 Å². The first-order valence-electron chi connectivity index (χ1n) is 6.25. The lowest BCUT2D eigenvalue weighted by Crippen LogP contribution is -2.29. The Morgan fingerprint density at radius 1 is 1.42 bits per heavy atom. The van der Waals surface area contributed by atoms with Crippen molar-refractivity contribution in [1.82, 2.24) is 10.3 Å². The topological polar surface area (TPSA) is 68.7 Å². The number of hydrogen-bond donors (Lipinski definition) is 2. The molecule has 1 aromatic carbocycles.